The number of Topliss-reactive ketones (excluding diaryl/α,β-unsaturated/α-hetero) is 1. The Balaban J connectivity index is 2.18. The number of ketones is 1. The van der Waals surface area contributed by atoms with Crippen LogP contribution in [0.25, 0.3) is 0 Å². The first-order chi connectivity index (χ1) is 12.2. The average Bonchev–Trinajstić information content (AvgIpc) is 3.00. The summed E-state index contributed by atoms with van der Waals surface area (Å²) in [5.41, 5.74) is 1.73. The summed E-state index contributed by atoms with van der Waals surface area (Å²) in [6.45, 7) is 4.99. The van der Waals surface area contributed by atoms with Gasteiger partial charge in [-0.05, 0) is 26.8 Å². The van der Waals surface area contributed by atoms with Gasteiger partial charge in [0.1, 0.15) is 0 Å². The molecule has 2 rings (SSSR count). The van der Waals surface area contributed by atoms with Crippen LogP contribution in [0.1, 0.15) is 35.1 Å². The number of aryl methyl sites for hydroxylation is 1. The lowest BCUT2D eigenvalue weighted by molar-refractivity contribution is -0.143. The number of urea groups is 1. The molecule has 0 saturated carbocycles. The molecule has 0 unspecified atom stereocenters. The summed E-state index contributed by atoms with van der Waals surface area (Å²) in [6.07, 6.45) is 0.156. The Hall–Kier alpha value is -2.97. The molecule has 9 nitrogen and oxygen atoms in total. The van der Waals surface area contributed by atoms with E-state index in [4.69, 9.17) is 0 Å². The molecule has 9 heteroatoms. The molecular formula is C17H21N3O6. The minimum atomic E-state index is -0.996. The fourth-order valence-corrected chi connectivity index (χ4v) is 2.93. The zero-order valence-electron chi connectivity index (χ0n) is 15.2. The fraction of sp³-hybridized carbons (Fsp3) is 0.471. The molecule has 26 heavy (non-hydrogen) atoms. The topological polar surface area (TPSA) is 106 Å². The van der Waals surface area contributed by atoms with E-state index < -0.39 is 30.2 Å². The lowest BCUT2D eigenvalue weighted by Crippen LogP contribution is -2.37. The maximum atomic E-state index is 12.6. The minimum Gasteiger partial charge on any atom is -0.469 e. The Kier molecular flexibility index (Phi) is 5.59. The van der Waals surface area contributed by atoms with Crippen LogP contribution in [0.5, 0.6) is 0 Å². The van der Waals surface area contributed by atoms with Crippen molar-refractivity contribution in [2.45, 2.75) is 33.7 Å². The molecule has 140 valence electrons. The van der Waals surface area contributed by atoms with E-state index in [1.54, 1.807) is 31.4 Å². The molecule has 0 bridgehead atoms. The van der Waals surface area contributed by atoms with Crippen molar-refractivity contribution in [1.29, 1.82) is 0 Å². The molecular weight excluding hydrogens is 342 g/mol. The number of nitrogens with zero attached hydrogens (tertiary/aromatic N) is 3. The van der Waals surface area contributed by atoms with Crippen LogP contribution in [-0.4, -0.2) is 64.2 Å². The van der Waals surface area contributed by atoms with E-state index in [9.17, 15) is 24.0 Å². The molecule has 0 spiro atoms. The third-order valence-electron chi connectivity index (χ3n) is 4.39. The predicted octanol–water partition coefficient (Wildman–Crippen LogP) is 0.661. The SMILES string of the molecule is CCN1C(=O)C(=O)N(CC(=O)c2cc(C)n(CCC(=O)OC)c2C)C1=O. The molecule has 4 amide bonds. The number of amides is 4. The monoisotopic (exact) mass is 363 g/mol. The highest BCUT2D eigenvalue weighted by molar-refractivity contribution is 6.45. The van der Waals surface area contributed by atoms with Gasteiger partial charge < -0.3 is 9.30 Å². The van der Waals surface area contributed by atoms with Crippen LogP contribution in [-0.2, 0) is 25.7 Å². The third-order valence-corrected chi connectivity index (χ3v) is 4.39. The van der Waals surface area contributed by atoms with Crippen LogP contribution < -0.4 is 0 Å². The first kappa shape index (κ1) is 19.4. The van der Waals surface area contributed by atoms with Gasteiger partial charge in [0, 0.05) is 30.0 Å². The zero-order chi connectivity index (χ0) is 19.6. The van der Waals surface area contributed by atoms with E-state index in [1.165, 1.54) is 7.11 Å². The molecule has 1 saturated heterocycles. The quantitative estimate of drug-likeness (QED) is 0.305. The Morgan fingerprint density at radius 3 is 2.23 bits per heavy atom. The number of carbonyl (C=O) groups excluding carboxylic acids is 5. The summed E-state index contributed by atoms with van der Waals surface area (Å²) in [4.78, 5) is 61.1. The van der Waals surface area contributed by atoms with E-state index in [0.717, 1.165) is 10.6 Å². The van der Waals surface area contributed by atoms with Gasteiger partial charge in [0.15, 0.2) is 5.78 Å². The van der Waals surface area contributed by atoms with Gasteiger partial charge in [-0.2, -0.15) is 0 Å². The number of hydrogen-bond donors (Lipinski definition) is 0. The number of rotatable bonds is 7. The number of ether oxygens (including phenoxy) is 1. The summed E-state index contributed by atoms with van der Waals surface area (Å²) >= 11 is 0. The summed E-state index contributed by atoms with van der Waals surface area (Å²) in [6, 6.07) is 0.856. The Morgan fingerprint density at radius 1 is 1.08 bits per heavy atom. The van der Waals surface area contributed by atoms with Gasteiger partial charge in [-0.15, -0.1) is 0 Å². The molecule has 1 aromatic rings. The van der Waals surface area contributed by atoms with E-state index in [0.29, 0.717) is 22.7 Å². The fourth-order valence-electron chi connectivity index (χ4n) is 2.93. The van der Waals surface area contributed by atoms with Crippen LogP contribution in [0.3, 0.4) is 0 Å². The maximum absolute atomic E-state index is 12.6. The number of imide groups is 2. The van der Waals surface area contributed by atoms with Crippen molar-refractivity contribution < 1.29 is 28.7 Å². The second-order valence-corrected chi connectivity index (χ2v) is 5.91. The lowest BCUT2D eigenvalue weighted by Gasteiger charge is -2.13. The second-order valence-electron chi connectivity index (χ2n) is 5.91. The molecule has 0 aromatic carbocycles. The van der Waals surface area contributed by atoms with Gasteiger partial charge in [0.25, 0.3) is 0 Å². The number of aromatic nitrogens is 1. The molecule has 0 atom stereocenters. The van der Waals surface area contributed by atoms with Gasteiger partial charge in [-0.25, -0.2) is 9.69 Å². The predicted molar refractivity (Wildman–Crippen MR) is 89.4 cm³/mol. The van der Waals surface area contributed by atoms with Crippen molar-refractivity contribution in [3.8, 4) is 0 Å². The van der Waals surface area contributed by atoms with Crippen molar-refractivity contribution in [2.24, 2.45) is 0 Å². The number of esters is 1. The van der Waals surface area contributed by atoms with E-state index in [2.05, 4.69) is 4.74 Å². The Bertz CT molecular complexity index is 795. The van der Waals surface area contributed by atoms with Gasteiger partial charge in [0.2, 0.25) is 0 Å². The van der Waals surface area contributed by atoms with Crippen LogP contribution in [0.4, 0.5) is 4.79 Å². The van der Waals surface area contributed by atoms with Crippen molar-refractivity contribution in [3.63, 3.8) is 0 Å². The van der Waals surface area contributed by atoms with Crippen LogP contribution in [0, 0.1) is 13.8 Å². The number of hydrogen-bond acceptors (Lipinski definition) is 6. The third kappa shape index (κ3) is 3.37. The molecule has 0 N–H and O–H groups in total. The molecule has 2 heterocycles. The zero-order valence-corrected chi connectivity index (χ0v) is 15.2. The van der Waals surface area contributed by atoms with Crippen molar-refractivity contribution in [1.82, 2.24) is 14.4 Å². The first-order valence-corrected chi connectivity index (χ1v) is 8.16. The van der Waals surface area contributed by atoms with Crippen molar-refractivity contribution >= 4 is 29.6 Å². The molecule has 1 aliphatic rings. The molecule has 1 aliphatic heterocycles. The lowest BCUT2D eigenvalue weighted by atomic mass is 10.1. The Labute approximate surface area is 150 Å². The van der Waals surface area contributed by atoms with E-state index in [-0.39, 0.29) is 18.9 Å². The molecule has 1 aromatic heterocycles. The standard InChI is InChI=1S/C17H21N3O6/c1-5-18-15(23)16(24)20(17(18)25)9-13(21)12-8-10(2)19(11(12)3)7-6-14(22)26-4/h8H,5-7,9H2,1-4H3. The summed E-state index contributed by atoms with van der Waals surface area (Å²) in [5.74, 6) is -2.73. The number of methoxy groups -OCH3 is 1. The van der Waals surface area contributed by atoms with E-state index in [1.807, 2.05) is 0 Å². The largest absolute Gasteiger partial charge is 0.469 e. The summed E-state index contributed by atoms with van der Waals surface area (Å²) in [5, 5.41) is 0. The van der Waals surface area contributed by atoms with Crippen molar-refractivity contribution in [3.05, 3.63) is 23.0 Å². The van der Waals surface area contributed by atoms with E-state index >= 15 is 0 Å². The van der Waals surface area contributed by atoms with Gasteiger partial charge in [0.05, 0.1) is 20.1 Å². The van der Waals surface area contributed by atoms with Crippen LogP contribution in [0.15, 0.2) is 6.07 Å². The molecule has 0 aliphatic carbocycles. The van der Waals surface area contributed by atoms with Crippen molar-refractivity contribution in [2.75, 3.05) is 20.2 Å². The molecule has 0 radical (unpaired) electrons. The minimum absolute atomic E-state index is 0.0656. The second kappa shape index (κ2) is 7.51. The molecule has 1 fully saturated rings. The highest BCUT2D eigenvalue weighted by Gasteiger charge is 2.44. The normalized spacial score (nSPS) is 14.4. The number of carbonyl (C=O) groups is 5. The smallest absolute Gasteiger partial charge is 0.334 e. The van der Waals surface area contributed by atoms with Crippen LogP contribution >= 0.6 is 0 Å². The van der Waals surface area contributed by atoms with Gasteiger partial charge in [-0.3, -0.25) is 24.1 Å². The highest BCUT2D eigenvalue weighted by Crippen LogP contribution is 2.19. The van der Waals surface area contributed by atoms with Gasteiger partial charge in [-0.1, -0.05) is 0 Å². The van der Waals surface area contributed by atoms with Crippen LogP contribution in [0.2, 0.25) is 0 Å². The summed E-state index contributed by atoms with van der Waals surface area (Å²) < 4.78 is 6.40. The number of likely N-dealkylation sites (N-methyl/N-ethyl adjacent to an activating group) is 1. The highest BCUT2D eigenvalue weighted by atomic mass is 16.5. The first-order valence-electron chi connectivity index (χ1n) is 8.16. The average molecular weight is 363 g/mol. The summed E-state index contributed by atoms with van der Waals surface area (Å²) in [7, 11) is 1.30. The maximum Gasteiger partial charge on any atom is 0.334 e. The van der Waals surface area contributed by atoms with Gasteiger partial charge >= 0.3 is 23.8 Å². The Morgan fingerprint density at radius 2 is 1.69 bits per heavy atom.